The molecule has 8 nitrogen and oxygen atoms in total. The van der Waals surface area contributed by atoms with Gasteiger partial charge in [0.2, 0.25) is 0 Å². The van der Waals surface area contributed by atoms with E-state index in [0.29, 0.717) is 22.6 Å². The summed E-state index contributed by atoms with van der Waals surface area (Å²) in [4.78, 5) is 31.1. The third-order valence-electron chi connectivity index (χ3n) is 4.36. The molecule has 0 aliphatic heterocycles. The van der Waals surface area contributed by atoms with Gasteiger partial charge in [0.1, 0.15) is 23.2 Å². The summed E-state index contributed by atoms with van der Waals surface area (Å²) >= 11 is 0. The van der Waals surface area contributed by atoms with E-state index in [0.717, 1.165) is 16.7 Å². The van der Waals surface area contributed by atoms with E-state index >= 15 is 0 Å². The number of nitrogens with one attached hydrogen (secondary N) is 3. The van der Waals surface area contributed by atoms with Gasteiger partial charge in [0.15, 0.2) is 5.65 Å². The number of amides is 1. The number of benzene rings is 1. The number of aryl methyl sites for hydroxylation is 1. The first-order valence-corrected chi connectivity index (χ1v) is 8.47. The molecule has 3 aromatic heterocycles. The van der Waals surface area contributed by atoms with Crippen LogP contribution in [-0.2, 0) is 0 Å². The van der Waals surface area contributed by atoms with E-state index < -0.39 is 6.04 Å². The highest BCUT2D eigenvalue weighted by atomic mass is 16.3. The molecule has 8 heteroatoms. The van der Waals surface area contributed by atoms with Gasteiger partial charge in [0, 0.05) is 11.8 Å². The Labute approximate surface area is 154 Å². The van der Waals surface area contributed by atoms with Gasteiger partial charge >= 0.3 is 0 Å². The number of hydrogen-bond acceptors (Lipinski definition) is 5. The maximum Gasteiger partial charge on any atom is 0.268 e. The van der Waals surface area contributed by atoms with Gasteiger partial charge < -0.3 is 20.4 Å². The second kappa shape index (κ2) is 7.00. The molecule has 4 aromatic rings. The van der Waals surface area contributed by atoms with Crippen molar-refractivity contribution in [2.45, 2.75) is 13.0 Å². The van der Waals surface area contributed by atoms with Crippen molar-refractivity contribution in [2.24, 2.45) is 0 Å². The lowest BCUT2D eigenvalue weighted by molar-refractivity contribution is 0.0911. The quantitative estimate of drug-likeness (QED) is 0.433. The summed E-state index contributed by atoms with van der Waals surface area (Å²) in [5.74, 6) is -0.309. The molecule has 4 N–H and O–H groups in total. The Morgan fingerprint density at radius 3 is 2.93 bits per heavy atom. The molecule has 27 heavy (non-hydrogen) atoms. The summed E-state index contributed by atoms with van der Waals surface area (Å²) in [6.07, 6.45) is 4.69. The van der Waals surface area contributed by atoms with Crippen molar-refractivity contribution in [3.05, 3.63) is 66.0 Å². The van der Waals surface area contributed by atoms with Crippen molar-refractivity contribution in [1.82, 2.24) is 30.2 Å². The molecule has 1 atom stereocenters. The Morgan fingerprint density at radius 1 is 1.22 bits per heavy atom. The first-order valence-electron chi connectivity index (χ1n) is 8.47. The standard InChI is InChI=1S/C19H18N6O2/c1-11-3-2-4-12(5-11)15(8-26)25-19(27)14-6-13(7-20-14)16-17-18(23-9-21-16)24-10-22-17/h2-7,9-10,15,20,26H,8H2,1H3,(H,25,27)(H,21,22,23,24)/t15-/m0/s1. The molecule has 136 valence electrons. The number of nitrogens with zero attached hydrogens (tertiary/aromatic N) is 3. The maximum absolute atomic E-state index is 12.6. The molecule has 0 aliphatic rings. The molecule has 0 radical (unpaired) electrons. The van der Waals surface area contributed by atoms with Crippen molar-refractivity contribution >= 4 is 17.1 Å². The Morgan fingerprint density at radius 2 is 2.11 bits per heavy atom. The Bertz CT molecular complexity index is 1100. The summed E-state index contributed by atoms with van der Waals surface area (Å²) in [6, 6.07) is 8.91. The van der Waals surface area contributed by atoms with E-state index in [1.807, 2.05) is 31.2 Å². The van der Waals surface area contributed by atoms with Gasteiger partial charge in [0.05, 0.1) is 19.0 Å². The molecule has 0 saturated heterocycles. The molecular weight excluding hydrogens is 344 g/mol. The maximum atomic E-state index is 12.6. The van der Waals surface area contributed by atoms with Crippen LogP contribution in [0.3, 0.4) is 0 Å². The third-order valence-corrected chi connectivity index (χ3v) is 4.36. The van der Waals surface area contributed by atoms with Gasteiger partial charge in [0.25, 0.3) is 5.91 Å². The van der Waals surface area contributed by atoms with Gasteiger partial charge in [-0.25, -0.2) is 15.0 Å². The molecule has 0 bridgehead atoms. The first-order chi connectivity index (χ1) is 13.2. The molecule has 1 amide bonds. The zero-order chi connectivity index (χ0) is 18.8. The highest BCUT2D eigenvalue weighted by molar-refractivity contribution is 5.95. The van der Waals surface area contributed by atoms with Crippen LogP contribution < -0.4 is 5.32 Å². The first kappa shape index (κ1) is 16.9. The van der Waals surface area contributed by atoms with Crippen molar-refractivity contribution in [1.29, 1.82) is 0 Å². The fourth-order valence-electron chi connectivity index (χ4n) is 3.00. The normalized spacial score (nSPS) is 12.2. The van der Waals surface area contributed by atoms with Crippen molar-refractivity contribution in [3.8, 4) is 11.3 Å². The summed E-state index contributed by atoms with van der Waals surface area (Å²) in [5.41, 5.74) is 4.96. The van der Waals surface area contributed by atoms with Crippen LogP contribution in [0, 0.1) is 6.92 Å². The SMILES string of the molecule is Cc1cccc([C@H](CO)NC(=O)c2cc(-c3ncnc4nc[nH]c34)c[nH]2)c1. The fraction of sp³-hybridized carbons (Fsp3) is 0.158. The summed E-state index contributed by atoms with van der Waals surface area (Å²) in [7, 11) is 0. The Balaban J connectivity index is 1.57. The van der Waals surface area contributed by atoms with E-state index in [2.05, 4.69) is 30.2 Å². The smallest absolute Gasteiger partial charge is 0.268 e. The Kier molecular flexibility index (Phi) is 4.39. The van der Waals surface area contributed by atoms with Crippen LogP contribution in [0.5, 0.6) is 0 Å². The monoisotopic (exact) mass is 362 g/mol. The average molecular weight is 362 g/mol. The predicted molar refractivity (Wildman–Crippen MR) is 99.9 cm³/mol. The van der Waals surface area contributed by atoms with E-state index in [-0.39, 0.29) is 12.5 Å². The van der Waals surface area contributed by atoms with Gasteiger partial charge in [-0.2, -0.15) is 0 Å². The number of carbonyl (C=O) groups excluding carboxylic acids is 1. The van der Waals surface area contributed by atoms with Crippen LogP contribution in [0.2, 0.25) is 0 Å². The number of hydrogen-bond donors (Lipinski definition) is 4. The van der Waals surface area contributed by atoms with Crippen LogP contribution in [0.15, 0.2) is 49.2 Å². The second-order valence-electron chi connectivity index (χ2n) is 6.25. The van der Waals surface area contributed by atoms with Crippen LogP contribution >= 0.6 is 0 Å². The van der Waals surface area contributed by atoms with Crippen molar-refractivity contribution in [3.63, 3.8) is 0 Å². The number of aromatic nitrogens is 5. The summed E-state index contributed by atoms with van der Waals surface area (Å²) < 4.78 is 0. The highest BCUT2D eigenvalue weighted by Crippen LogP contribution is 2.24. The number of aliphatic hydroxyl groups excluding tert-OH is 1. The number of rotatable bonds is 5. The average Bonchev–Trinajstić information content (AvgIpc) is 3.35. The van der Waals surface area contributed by atoms with Crippen molar-refractivity contribution in [2.75, 3.05) is 6.61 Å². The predicted octanol–water partition coefficient (Wildman–Crippen LogP) is 2.12. The van der Waals surface area contributed by atoms with E-state index in [1.165, 1.54) is 6.33 Å². The summed E-state index contributed by atoms with van der Waals surface area (Å²) in [5, 5.41) is 12.5. The van der Waals surface area contributed by atoms with Crippen LogP contribution in [0.4, 0.5) is 0 Å². The minimum atomic E-state index is -0.484. The van der Waals surface area contributed by atoms with E-state index in [9.17, 15) is 9.90 Å². The van der Waals surface area contributed by atoms with E-state index in [1.54, 1.807) is 18.6 Å². The largest absolute Gasteiger partial charge is 0.394 e. The number of aromatic amines is 2. The number of aliphatic hydroxyl groups is 1. The molecule has 0 spiro atoms. The zero-order valence-electron chi connectivity index (χ0n) is 14.6. The molecule has 0 saturated carbocycles. The number of fused-ring (bicyclic) bond motifs is 1. The van der Waals surface area contributed by atoms with E-state index in [4.69, 9.17) is 0 Å². The van der Waals surface area contributed by atoms with Gasteiger partial charge in [-0.3, -0.25) is 4.79 Å². The highest BCUT2D eigenvalue weighted by Gasteiger charge is 2.18. The number of H-pyrrole nitrogens is 2. The molecular formula is C19H18N6O2. The van der Waals surface area contributed by atoms with Crippen LogP contribution in [-0.4, -0.2) is 42.5 Å². The number of carbonyl (C=O) groups is 1. The molecule has 1 aromatic carbocycles. The molecule has 0 unspecified atom stereocenters. The van der Waals surface area contributed by atoms with Crippen LogP contribution in [0.25, 0.3) is 22.4 Å². The molecule has 0 fully saturated rings. The number of imidazole rings is 1. The fourth-order valence-corrected chi connectivity index (χ4v) is 3.00. The molecule has 3 heterocycles. The summed E-state index contributed by atoms with van der Waals surface area (Å²) in [6.45, 7) is 1.78. The topological polar surface area (TPSA) is 120 Å². The van der Waals surface area contributed by atoms with Crippen LogP contribution in [0.1, 0.15) is 27.7 Å². The van der Waals surface area contributed by atoms with Gasteiger partial charge in [-0.15, -0.1) is 0 Å². The zero-order valence-corrected chi connectivity index (χ0v) is 14.6. The van der Waals surface area contributed by atoms with Crippen molar-refractivity contribution < 1.29 is 9.90 Å². The minimum Gasteiger partial charge on any atom is -0.394 e. The molecule has 0 aliphatic carbocycles. The van der Waals surface area contributed by atoms with Gasteiger partial charge in [-0.05, 0) is 18.6 Å². The Hall–Kier alpha value is -3.52. The second-order valence-corrected chi connectivity index (χ2v) is 6.25. The minimum absolute atomic E-state index is 0.191. The molecule has 4 rings (SSSR count). The van der Waals surface area contributed by atoms with Gasteiger partial charge in [-0.1, -0.05) is 29.8 Å². The lowest BCUT2D eigenvalue weighted by Crippen LogP contribution is -2.31. The lowest BCUT2D eigenvalue weighted by Gasteiger charge is -2.16. The lowest BCUT2D eigenvalue weighted by atomic mass is 10.0. The third kappa shape index (κ3) is 3.30.